The maximum Gasteiger partial charge on any atom is 0.318 e. The topological polar surface area (TPSA) is 446 Å². The van der Waals surface area contributed by atoms with Gasteiger partial charge in [-0.25, -0.2) is 0 Å². The minimum Gasteiger partial charge on any atom is -0.508 e. The highest BCUT2D eigenvalue weighted by Crippen LogP contribution is 2.43. The van der Waals surface area contributed by atoms with Crippen LogP contribution in [0, 0.1) is 0 Å². The van der Waals surface area contributed by atoms with E-state index in [1.165, 1.54) is 34.5 Å². The smallest absolute Gasteiger partial charge is 0.318 e. The van der Waals surface area contributed by atoms with Crippen molar-refractivity contribution in [1.82, 2.24) is 20.9 Å². The molecule has 0 spiro atoms. The number of aromatic nitrogens is 3. The second-order valence-corrected chi connectivity index (χ2v) is 25.5. The molecule has 3 fully saturated rings. The average molecular weight is 1620 g/mol. The van der Waals surface area contributed by atoms with E-state index in [0.717, 1.165) is 95.4 Å². The summed E-state index contributed by atoms with van der Waals surface area (Å²) >= 11 is 27.1. The Labute approximate surface area is 657 Å². The molecule has 3 saturated heterocycles. The molecule has 0 unspecified atom stereocenters. The van der Waals surface area contributed by atoms with Crippen molar-refractivity contribution in [3.8, 4) is 86.1 Å². The highest BCUT2D eigenvalue weighted by atomic mass is 35.5. The number of aliphatic carboxylic acids is 1. The Kier molecular flexibility index (Phi) is 33.5. The third-order valence-electron chi connectivity index (χ3n) is 15.4. The lowest BCUT2D eigenvalue weighted by Crippen LogP contribution is -2.36. The molecule has 7 aliphatic rings. The fraction of sp³-hybridized carbons (Fsp3) is 0.282. The molecule has 0 saturated carbocycles. The highest BCUT2D eigenvalue weighted by molar-refractivity contribution is 8.12. The number of ether oxygens (including phenoxy) is 12. The fourth-order valence-corrected chi connectivity index (χ4v) is 11.0. The van der Waals surface area contributed by atoms with Gasteiger partial charge in [-0.3, -0.25) is 23.7 Å². The van der Waals surface area contributed by atoms with Crippen LogP contribution >= 0.6 is 73.5 Å². The zero-order chi connectivity index (χ0) is 77.8. The van der Waals surface area contributed by atoms with Crippen LogP contribution in [0.1, 0.15) is 35.6 Å². The Hall–Kier alpha value is -10.7. The summed E-state index contributed by atoms with van der Waals surface area (Å²) in [4.78, 5) is 47.7. The quantitative estimate of drug-likeness (QED) is 0.0179. The number of carbonyl (C=O) groups excluding carboxylic acids is 3. The van der Waals surface area contributed by atoms with Crippen LogP contribution < -0.4 is 81.3 Å². The number of phenolic OH excluding ortho intramolecular Hbond substituents is 4. The van der Waals surface area contributed by atoms with Gasteiger partial charge in [-0.15, -0.1) is 34.4 Å². The van der Waals surface area contributed by atoms with Gasteiger partial charge in [0.05, 0.1) is 61.6 Å². The van der Waals surface area contributed by atoms with E-state index < -0.39 is 23.6 Å². The van der Waals surface area contributed by atoms with E-state index in [2.05, 4.69) is 102 Å². The number of ketones is 1. The molecule has 38 heteroatoms. The Balaban J connectivity index is 0.000000187. The lowest BCUT2D eigenvalue weighted by atomic mass is 10.1. The summed E-state index contributed by atoms with van der Waals surface area (Å²) in [6.07, 6.45) is 0. The van der Waals surface area contributed by atoms with Crippen molar-refractivity contribution in [2.75, 3.05) is 144 Å². The number of thiol groups is 2. The molecule has 0 aliphatic carbocycles. The number of aromatic hydroxyl groups is 4. The van der Waals surface area contributed by atoms with Crippen LogP contribution in [0.3, 0.4) is 0 Å². The van der Waals surface area contributed by atoms with Crippen molar-refractivity contribution < 1.29 is 102 Å². The molecule has 0 radical (unpaired) electrons. The number of nitrogens with one attached hydrogen (secondary N) is 1. The molecule has 2 amide bonds. The molecule has 582 valence electrons. The second-order valence-electron chi connectivity index (χ2n) is 22.6. The number of halogens is 1. The number of carboxylic acid groups (broad SMARTS) is 1. The van der Waals surface area contributed by atoms with Crippen LogP contribution in [0.4, 0.5) is 28.4 Å². The van der Waals surface area contributed by atoms with Gasteiger partial charge in [-0.1, -0.05) is 37.1 Å². The molecule has 32 nitrogen and oxygen atoms in total. The van der Waals surface area contributed by atoms with Crippen LogP contribution in [-0.2, 0) is 33.3 Å². The van der Waals surface area contributed by atoms with Gasteiger partial charge in [-0.2, -0.15) is 0 Å². The Morgan fingerprint density at radius 2 is 0.917 bits per heavy atom. The largest absolute Gasteiger partial charge is 0.508 e. The number of primary amides is 2. The second kappa shape index (κ2) is 42.7. The number of alkyl halides is 1. The number of nitrogens with two attached hydrogens (primary N) is 3. The first-order valence-electron chi connectivity index (χ1n) is 32.7. The molecule has 15 N–H and O–H groups in total. The fourth-order valence-electron chi connectivity index (χ4n) is 10.1. The van der Waals surface area contributed by atoms with Gasteiger partial charge < -0.3 is 126 Å². The number of thiocarbonyl (C=S) groups is 3. The van der Waals surface area contributed by atoms with Crippen LogP contribution in [0.5, 0.6) is 69.0 Å². The molecule has 7 aromatic carbocycles. The molecular weight excluding hydrogens is 1540 g/mol. The number of phenols is 4. The lowest BCUT2D eigenvalue weighted by Gasteiger charge is -2.29. The Bertz CT molecular complexity index is 4410. The van der Waals surface area contributed by atoms with E-state index in [1.54, 1.807) is 30.3 Å². The molecule has 1 aromatic heterocycles. The van der Waals surface area contributed by atoms with Crippen LogP contribution in [-0.4, -0.2) is 196 Å². The first-order chi connectivity index (χ1) is 51.9. The molecule has 0 bridgehead atoms. The Morgan fingerprint density at radius 1 is 0.541 bits per heavy atom. The molecule has 0 atom stereocenters. The zero-order valence-electron chi connectivity index (χ0n) is 58.7. The molecule has 15 rings (SSSR count). The number of nitrogen functional groups attached to an aromatic ring is 1. The van der Waals surface area contributed by atoms with Gasteiger partial charge in [0.15, 0.2) is 51.8 Å². The van der Waals surface area contributed by atoms with Crippen molar-refractivity contribution in [1.29, 1.82) is 0 Å². The summed E-state index contributed by atoms with van der Waals surface area (Å²) in [5.74, 6) is 1.41. The molecule has 8 heterocycles. The van der Waals surface area contributed by atoms with Crippen LogP contribution in [0.25, 0.3) is 17.1 Å². The maximum atomic E-state index is 12.0. The van der Waals surface area contributed by atoms with Crippen LogP contribution in [0.2, 0.25) is 0 Å². The summed E-state index contributed by atoms with van der Waals surface area (Å²) < 4.78 is 64.3. The van der Waals surface area contributed by atoms with Crippen molar-refractivity contribution in [2.45, 2.75) is 13.8 Å². The van der Waals surface area contributed by atoms with Gasteiger partial charge in [-0.05, 0) is 122 Å². The summed E-state index contributed by atoms with van der Waals surface area (Å²) in [6, 6.07) is 37.8. The van der Waals surface area contributed by atoms with E-state index >= 15 is 0 Å². The van der Waals surface area contributed by atoms with E-state index in [1.807, 2.05) is 55.5 Å². The molecule has 7 aliphatic heterocycles. The minimum atomic E-state index is -0.980. The Morgan fingerprint density at radius 3 is 1.32 bits per heavy atom. The predicted molar refractivity (Wildman–Crippen MR) is 425 cm³/mol. The van der Waals surface area contributed by atoms with E-state index in [0.29, 0.717) is 102 Å². The zero-order valence-corrected chi connectivity index (χ0v) is 63.7. The number of amides is 2. The highest BCUT2D eigenvalue weighted by Gasteiger charge is 2.27. The number of anilines is 5. The number of hydrogen-bond donors (Lipinski definition) is 12. The third-order valence-corrected chi connectivity index (χ3v) is 16.7. The van der Waals surface area contributed by atoms with Crippen molar-refractivity contribution in [2.24, 2.45) is 11.5 Å². The maximum absolute atomic E-state index is 12.0. The monoisotopic (exact) mass is 1620 g/mol. The summed E-state index contributed by atoms with van der Waals surface area (Å²) in [5, 5.41) is 57.9. The molecular formula is C71H80ClN11O21S5. The standard InChI is InChI=1S/C20H19N5O5.C18H18N2O4S.C10H14N2O.C8H6O3S2.C7H6O3.C3H5NO2.C3H6OS2.C2H3ClO2.H3N/c21-18(27)20-23-22-19(14-9-16-17(10-15(14)26)30-11-29-16)25(20)13-3-1-12(2-4-13)24-5-7-28-8-6-24;21-15-10-17-16(23-11-24-17)9-14(15)18(25)19-12-1-3-13(4-2-12)20-5-7-22-8-6-20;11-9-1-3-10(4-2-9)12-5-7-13-8-6-12;9-5-2-7-6(10-3-11-7)1-4(5)8(12)13;8-5-1-2-6-7(3-5)10-4-9-6;1-2(5)3(4)6;1-2-4-3(5)6;3-1-2(4)5;/h1-4,9-10,26H,5-8,11H2,(H2,21,27);1-4,9-10,21H,5-8,11H2,(H,19,25);1-4H,5-8,11H2;1-2,9H,3H2,(H,12,13);1-3,8H,4H2;1H3,(H2,4,6);2H2,1H3,(H,5,6);1H2,(H,4,5);1H3. The SMILES string of the molecule is CC(=O)C(N)=O.CCOC(=S)S.N.NC(=O)c1nnc(-c2cc3c(cc2O)OCO3)n1-c1ccc(N2CCOCC2)cc1.Nc1ccc(N2CCOCC2)cc1.O=C(O)CCl.Oc1cc2c(cc1C(=S)Nc1ccc(N3CCOCC3)cc1)OCO2.Oc1cc2c(cc1C(=S)S)OCO2.Oc1ccc2c(c1)OCO2. The van der Waals surface area contributed by atoms with E-state index in [4.69, 9.17) is 110 Å². The van der Waals surface area contributed by atoms with Crippen LogP contribution in [0.15, 0.2) is 127 Å². The van der Waals surface area contributed by atoms with Gasteiger partial charge in [0.25, 0.3) is 11.8 Å². The minimum absolute atomic E-state index is 0. The number of carboxylic acids is 1. The van der Waals surface area contributed by atoms with Gasteiger partial charge in [0.2, 0.25) is 43.2 Å². The number of morpholine rings is 3. The number of rotatable bonds is 12. The van der Waals surface area contributed by atoms with Gasteiger partial charge in [0.1, 0.15) is 33.9 Å². The first kappa shape index (κ1) is 85.5. The average Bonchev–Trinajstić information content (AvgIpc) is 1.64. The lowest BCUT2D eigenvalue weighted by molar-refractivity contribution is -0.134. The molecule has 109 heavy (non-hydrogen) atoms. The number of fused-ring (bicyclic) bond motifs is 4. The van der Waals surface area contributed by atoms with Gasteiger partial charge in [0, 0.05) is 110 Å². The molecule has 8 aromatic rings. The predicted octanol–water partition coefficient (Wildman–Crippen LogP) is 8.77. The van der Waals surface area contributed by atoms with Gasteiger partial charge >= 0.3 is 5.97 Å². The number of benzene rings is 7. The normalized spacial score (nSPS) is 13.9. The van der Waals surface area contributed by atoms with Crippen molar-refractivity contribution >= 4 is 139 Å². The number of hydrogen-bond acceptors (Lipinski definition) is 30. The summed E-state index contributed by atoms with van der Waals surface area (Å²) in [5.41, 5.74) is 22.7. The number of nitrogens with zero attached hydrogens (tertiary/aromatic N) is 6. The van der Waals surface area contributed by atoms with Crippen molar-refractivity contribution in [3.05, 3.63) is 144 Å². The van der Waals surface area contributed by atoms with E-state index in [-0.39, 0.29) is 73.8 Å². The van der Waals surface area contributed by atoms with E-state index in [9.17, 15) is 34.5 Å². The number of carbonyl (C=O) groups is 4. The summed E-state index contributed by atoms with van der Waals surface area (Å²) in [7, 11) is 0. The third kappa shape index (κ3) is 25.4. The first-order valence-corrected chi connectivity index (χ1v) is 35.3. The summed E-state index contributed by atoms with van der Waals surface area (Å²) in [6.45, 7) is 14.2. The number of Topliss-reactive ketones (excluding diaryl/α,β-unsaturated/α-hetero) is 1. The van der Waals surface area contributed by atoms with Crippen molar-refractivity contribution in [3.63, 3.8) is 0 Å².